The van der Waals surface area contributed by atoms with Gasteiger partial charge < -0.3 is 9.47 Å². The van der Waals surface area contributed by atoms with Crippen molar-refractivity contribution in [3.05, 3.63) is 82.9 Å². The van der Waals surface area contributed by atoms with Gasteiger partial charge in [-0.05, 0) is 73.5 Å². The van der Waals surface area contributed by atoms with Gasteiger partial charge in [0.1, 0.15) is 18.0 Å². The summed E-state index contributed by atoms with van der Waals surface area (Å²) in [6, 6.07) is 18.1. The number of ether oxygens (including phenoxy) is 2. The second-order valence-electron chi connectivity index (χ2n) is 7.85. The van der Waals surface area contributed by atoms with Gasteiger partial charge in [0.2, 0.25) is 0 Å². The second-order valence-corrected chi connectivity index (χ2v) is 10.2. The maximum absolute atomic E-state index is 13.6. The average Bonchev–Trinajstić information content (AvgIpc) is 2.87. The maximum atomic E-state index is 13.6. The molecule has 190 valence electrons. The third kappa shape index (κ3) is 6.99. The molecule has 0 aliphatic rings. The third-order valence-corrected chi connectivity index (χ3v) is 7.07. The number of hydrogen-bond donors (Lipinski definition) is 1. The van der Waals surface area contributed by atoms with Gasteiger partial charge in [-0.2, -0.15) is 5.10 Å². The first-order valence-electron chi connectivity index (χ1n) is 11.2. The summed E-state index contributed by atoms with van der Waals surface area (Å²) in [5.41, 5.74) is 4.15. The molecule has 0 aliphatic carbocycles. The predicted molar refractivity (Wildman–Crippen MR) is 142 cm³/mol. The summed E-state index contributed by atoms with van der Waals surface area (Å²) in [6.07, 6.45) is 2.37. The molecule has 36 heavy (non-hydrogen) atoms. The minimum absolute atomic E-state index is 0.0248. The van der Waals surface area contributed by atoms with E-state index in [1.165, 1.54) is 31.5 Å². The van der Waals surface area contributed by atoms with Gasteiger partial charge in [0.05, 0.1) is 30.5 Å². The van der Waals surface area contributed by atoms with Crippen molar-refractivity contribution in [2.75, 3.05) is 24.6 Å². The largest absolute Gasteiger partial charge is 0.495 e. The lowest BCUT2D eigenvalue weighted by Gasteiger charge is -2.25. The number of hydrogen-bond acceptors (Lipinski definition) is 6. The number of halogens is 1. The fourth-order valence-corrected chi connectivity index (χ4v) is 4.80. The van der Waals surface area contributed by atoms with Crippen molar-refractivity contribution in [2.45, 2.75) is 25.2 Å². The molecule has 1 N–H and O–H groups in total. The van der Waals surface area contributed by atoms with Crippen LogP contribution in [0.1, 0.15) is 24.5 Å². The van der Waals surface area contributed by atoms with Crippen molar-refractivity contribution in [2.24, 2.45) is 5.10 Å². The standard InChI is InChI=1S/C26H28ClN3O5S/c1-4-15-35-22-10-7-20(8-11-22)17-28-29-26(31)18-30(24-16-21(27)9-14-25(24)34-3)36(32,33)23-12-5-19(2)6-13-23/h5-14,16-17H,4,15,18H2,1-3H3,(H,29,31)/b28-17-. The maximum Gasteiger partial charge on any atom is 0.264 e. The van der Waals surface area contributed by atoms with Gasteiger partial charge in [0.25, 0.3) is 15.9 Å². The molecule has 0 aliphatic heterocycles. The Labute approximate surface area is 216 Å². The molecule has 0 atom stereocenters. The molecule has 0 saturated heterocycles. The molecular formula is C26H28ClN3O5S. The van der Waals surface area contributed by atoms with Gasteiger partial charge in [-0.25, -0.2) is 13.8 Å². The van der Waals surface area contributed by atoms with Gasteiger partial charge in [-0.3, -0.25) is 9.10 Å². The van der Waals surface area contributed by atoms with Crippen molar-refractivity contribution in [3.63, 3.8) is 0 Å². The molecule has 0 spiro atoms. The van der Waals surface area contributed by atoms with Crippen LogP contribution < -0.4 is 19.2 Å². The monoisotopic (exact) mass is 529 g/mol. The number of methoxy groups -OCH3 is 1. The number of aryl methyl sites for hydroxylation is 1. The van der Waals surface area contributed by atoms with Gasteiger partial charge in [-0.1, -0.05) is 36.2 Å². The topological polar surface area (TPSA) is 97.3 Å². The van der Waals surface area contributed by atoms with Crippen molar-refractivity contribution >= 4 is 39.4 Å². The molecule has 0 bridgehead atoms. The number of carbonyl (C=O) groups excluding carboxylic acids is 1. The Bertz CT molecular complexity index is 1310. The number of anilines is 1. The smallest absolute Gasteiger partial charge is 0.264 e. The Morgan fingerprint density at radius 2 is 1.78 bits per heavy atom. The predicted octanol–water partition coefficient (Wildman–Crippen LogP) is 4.79. The fraction of sp³-hybridized carbons (Fsp3) is 0.231. The molecular weight excluding hydrogens is 502 g/mol. The second kappa shape index (κ2) is 12.4. The number of benzene rings is 3. The van der Waals surface area contributed by atoms with E-state index in [1.54, 1.807) is 48.5 Å². The Hall–Kier alpha value is -3.56. The highest BCUT2D eigenvalue weighted by Crippen LogP contribution is 2.34. The van der Waals surface area contributed by atoms with Crippen LogP contribution in [0.4, 0.5) is 5.69 Å². The first-order chi connectivity index (χ1) is 17.2. The number of rotatable bonds is 11. The number of hydrazone groups is 1. The van der Waals surface area contributed by atoms with Crippen LogP contribution in [0.25, 0.3) is 0 Å². The lowest BCUT2D eigenvalue weighted by atomic mass is 10.2. The van der Waals surface area contributed by atoms with Crippen molar-refractivity contribution in [3.8, 4) is 11.5 Å². The van der Waals surface area contributed by atoms with E-state index >= 15 is 0 Å². The lowest BCUT2D eigenvalue weighted by Crippen LogP contribution is -2.39. The van der Waals surface area contributed by atoms with Crippen LogP contribution in [0.3, 0.4) is 0 Å². The van der Waals surface area contributed by atoms with Gasteiger partial charge in [0.15, 0.2) is 0 Å². The number of amides is 1. The normalized spacial score (nSPS) is 11.3. The van der Waals surface area contributed by atoms with E-state index in [0.29, 0.717) is 11.6 Å². The molecule has 0 unspecified atom stereocenters. The van der Waals surface area contributed by atoms with Gasteiger partial charge in [-0.15, -0.1) is 0 Å². The third-order valence-electron chi connectivity index (χ3n) is 5.06. The van der Waals surface area contributed by atoms with Crippen LogP contribution in [0.15, 0.2) is 76.7 Å². The van der Waals surface area contributed by atoms with E-state index < -0.39 is 22.5 Å². The van der Waals surface area contributed by atoms with Crippen LogP contribution in [-0.2, 0) is 14.8 Å². The van der Waals surface area contributed by atoms with Crippen LogP contribution in [0.5, 0.6) is 11.5 Å². The SMILES string of the molecule is CCCOc1ccc(/C=N\NC(=O)CN(c2cc(Cl)ccc2OC)S(=O)(=O)c2ccc(C)cc2)cc1. The van der Waals surface area contributed by atoms with E-state index in [0.717, 1.165) is 27.6 Å². The first-order valence-corrected chi connectivity index (χ1v) is 13.0. The number of carbonyl (C=O) groups is 1. The van der Waals surface area contributed by atoms with Crippen LogP contribution in [0.2, 0.25) is 5.02 Å². The number of nitrogens with one attached hydrogen (secondary N) is 1. The summed E-state index contributed by atoms with van der Waals surface area (Å²) in [7, 11) is -2.73. The van der Waals surface area contributed by atoms with Crippen molar-refractivity contribution in [1.29, 1.82) is 0 Å². The van der Waals surface area contributed by atoms with Gasteiger partial charge >= 0.3 is 0 Å². The summed E-state index contributed by atoms with van der Waals surface area (Å²) >= 11 is 6.15. The summed E-state index contributed by atoms with van der Waals surface area (Å²) < 4.78 is 39.0. The Morgan fingerprint density at radius 1 is 1.08 bits per heavy atom. The van der Waals surface area contributed by atoms with Crippen molar-refractivity contribution in [1.82, 2.24) is 5.43 Å². The molecule has 3 aromatic rings. The summed E-state index contributed by atoms with van der Waals surface area (Å²) in [6.45, 7) is 3.96. The molecule has 3 rings (SSSR count). The molecule has 0 radical (unpaired) electrons. The van der Waals surface area contributed by atoms with E-state index in [1.807, 2.05) is 13.8 Å². The molecule has 8 nitrogen and oxygen atoms in total. The Balaban J connectivity index is 1.83. The fourth-order valence-electron chi connectivity index (χ4n) is 3.21. The first kappa shape index (κ1) is 27.0. The Morgan fingerprint density at radius 3 is 2.42 bits per heavy atom. The highest BCUT2D eigenvalue weighted by Gasteiger charge is 2.29. The van der Waals surface area contributed by atoms with E-state index in [-0.39, 0.29) is 16.3 Å². The van der Waals surface area contributed by atoms with E-state index in [4.69, 9.17) is 21.1 Å². The van der Waals surface area contributed by atoms with Crippen LogP contribution >= 0.6 is 11.6 Å². The highest BCUT2D eigenvalue weighted by molar-refractivity contribution is 7.92. The number of nitrogens with zero attached hydrogens (tertiary/aromatic N) is 2. The summed E-state index contributed by atoms with van der Waals surface area (Å²) in [5.74, 6) is 0.342. The summed E-state index contributed by atoms with van der Waals surface area (Å²) in [4.78, 5) is 12.8. The Kier molecular flexibility index (Phi) is 9.32. The van der Waals surface area contributed by atoms with Crippen molar-refractivity contribution < 1.29 is 22.7 Å². The highest BCUT2D eigenvalue weighted by atomic mass is 35.5. The minimum atomic E-state index is -4.14. The average molecular weight is 530 g/mol. The molecule has 0 heterocycles. The zero-order valence-corrected chi connectivity index (χ0v) is 21.8. The van der Waals surface area contributed by atoms with Crippen LogP contribution in [0, 0.1) is 6.92 Å². The van der Waals surface area contributed by atoms with Crippen LogP contribution in [-0.4, -0.2) is 40.8 Å². The molecule has 1 amide bonds. The lowest BCUT2D eigenvalue weighted by molar-refractivity contribution is -0.119. The molecule has 0 saturated carbocycles. The molecule has 0 aromatic heterocycles. The minimum Gasteiger partial charge on any atom is -0.495 e. The zero-order valence-electron chi connectivity index (χ0n) is 20.3. The molecule has 3 aromatic carbocycles. The van der Waals surface area contributed by atoms with Gasteiger partial charge in [0, 0.05) is 5.02 Å². The summed E-state index contributed by atoms with van der Waals surface area (Å²) in [5, 5.41) is 4.25. The molecule has 10 heteroatoms. The quantitative estimate of drug-likeness (QED) is 0.284. The van der Waals surface area contributed by atoms with E-state index in [2.05, 4.69) is 10.5 Å². The zero-order chi connectivity index (χ0) is 26.1. The van der Waals surface area contributed by atoms with E-state index in [9.17, 15) is 13.2 Å². The number of sulfonamides is 1. The molecule has 0 fully saturated rings.